The average Bonchev–Trinajstić information content (AvgIpc) is 1.85. The number of carboxylic acid groups (broad SMARTS) is 1. The lowest BCUT2D eigenvalue weighted by atomic mass is 10.7. The minimum Gasteiger partial charge on any atom is -0.480 e. The van der Waals surface area contributed by atoms with E-state index in [1.54, 1.807) is 0 Å². The molecule has 0 rings (SSSR count). The quantitative estimate of drug-likeness (QED) is 0.545. The number of likely N-dealkylation sites (N-methyl/N-ethyl adjacent to an activating group) is 1. The van der Waals surface area contributed by atoms with Gasteiger partial charge < -0.3 is 10.8 Å². The predicted molar refractivity (Wildman–Crippen MR) is 43.1 cm³/mol. The number of rotatable bonds is 5. The number of sulfonamides is 1. The van der Waals surface area contributed by atoms with E-state index in [0.29, 0.717) is 0 Å². The molecular formula is C5H12N2O4S. The molecule has 72 valence electrons. The van der Waals surface area contributed by atoms with Crippen molar-refractivity contribution in [2.45, 2.75) is 0 Å². The fraction of sp³-hybridized carbons (Fsp3) is 0.800. The monoisotopic (exact) mass is 196 g/mol. The molecule has 7 heteroatoms. The van der Waals surface area contributed by atoms with Crippen LogP contribution in [-0.2, 0) is 14.8 Å². The van der Waals surface area contributed by atoms with Gasteiger partial charge in [0.25, 0.3) is 0 Å². The van der Waals surface area contributed by atoms with Gasteiger partial charge >= 0.3 is 5.97 Å². The van der Waals surface area contributed by atoms with E-state index in [0.717, 1.165) is 4.31 Å². The molecule has 0 aliphatic carbocycles. The molecule has 0 radical (unpaired) electrons. The van der Waals surface area contributed by atoms with E-state index < -0.39 is 22.5 Å². The van der Waals surface area contributed by atoms with Crippen molar-refractivity contribution in [2.24, 2.45) is 5.73 Å². The Morgan fingerprint density at radius 2 is 2.08 bits per heavy atom. The molecule has 0 aliphatic rings. The van der Waals surface area contributed by atoms with Crippen molar-refractivity contribution in [1.82, 2.24) is 4.31 Å². The Hall–Kier alpha value is -0.660. The fourth-order valence-corrected chi connectivity index (χ4v) is 1.51. The summed E-state index contributed by atoms with van der Waals surface area (Å²) in [5, 5.41) is 8.28. The summed E-state index contributed by atoms with van der Waals surface area (Å²) in [4.78, 5) is 10.1. The van der Waals surface area contributed by atoms with Crippen LogP contribution in [0.2, 0.25) is 0 Å². The van der Waals surface area contributed by atoms with Gasteiger partial charge in [0, 0.05) is 13.6 Å². The van der Waals surface area contributed by atoms with Gasteiger partial charge in [-0.05, 0) is 0 Å². The molecule has 0 aromatic rings. The van der Waals surface area contributed by atoms with Gasteiger partial charge in [0.05, 0.1) is 5.75 Å². The Bertz CT molecular complexity index is 248. The first-order chi connectivity index (χ1) is 5.40. The maximum Gasteiger partial charge on any atom is 0.318 e. The van der Waals surface area contributed by atoms with E-state index in [1.165, 1.54) is 7.05 Å². The zero-order chi connectivity index (χ0) is 9.78. The van der Waals surface area contributed by atoms with Gasteiger partial charge in [0.15, 0.2) is 0 Å². The van der Waals surface area contributed by atoms with Crippen LogP contribution in [0.3, 0.4) is 0 Å². The maximum absolute atomic E-state index is 11.0. The van der Waals surface area contributed by atoms with Crippen molar-refractivity contribution in [3.8, 4) is 0 Å². The Balaban J connectivity index is 4.26. The van der Waals surface area contributed by atoms with Crippen molar-refractivity contribution in [3.05, 3.63) is 0 Å². The van der Waals surface area contributed by atoms with Gasteiger partial charge in [-0.1, -0.05) is 0 Å². The van der Waals surface area contributed by atoms with Crippen LogP contribution < -0.4 is 5.73 Å². The summed E-state index contributed by atoms with van der Waals surface area (Å²) in [6.45, 7) is -0.533. The van der Waals surface area contributed by atoms with Crippen LogP contribution in [0.1, 0.15) is 0 Å². The summed E-state index contributed by atoms with van der Waals surface area (Å²) < 4.78 is 22.9. The Kier molecular flexibility index (Phi) is 4.15. The van der Waals surface area contributed by atoms with Gasteiger partial charge in [0.2, 0.25) is 10.0 Å². The zero-order valence-electron chi connectivity index (χ0n) is 6.73. The van der Waals surface area contributed by atoms with Crippen molar-refractivity contribution >= 4 is 16.0 Å². The molecule has 0 saturated carbocycles. The summed E-state index contributed by atoms with van der Waals surface area (Å²) in [6, 6.07) is 0. The summed E-state index contributed by atoms with van der Waals surface area (Å²) >= 11 is 0. The zero-order valence-corrected chi connectivity index (χ0v) is 7.54. The van der Waals surface area contributed by atoms with Crippen LogP contribution in [0.5, 0.6) is 0 Å². The van der Waals surface area contributed by atoms with Crippen molar-refractivity contribution < 1.29 is 18.3 Å². The third-order valence-corrected chi connectivity index (χ3v) is 3.04. The summed E-state index contributed by atoms with van der Waals surface area (Å²) in [5.74, 6) is -1.41. The topological polar surface area (TPSA) is 101 Å². The molecule has 6 nitrogen and oxygen atoms in total. The summed E-state index contributed by atoms with van der Waals surface area (Å²) in [6.07, 6.45) is 0. The second-order valence-electron chi connectivity index (χ2n) is 2.25. The molecule has 0 atom stereocenters. The summed E-state index contributed by atoms with van der Waals surface area (Å²) in [5.41, 5.74) is 5.03. The van der Waals surface area contributed by atoms with Gasteiger partial charge in [-0.3, -0.25) is 4.79 Å². The van der Waals surface area contributed by atoms with Crippen LogP contribution in [0, 0.1) is 0 Å². The molecule has 0 fully saturated rings. The minimum atomic E-state index is -3.48. The second kappa shape index (κ2) is 4.39. The first-order valence-electron chi connectivity index (χ1n) is 3.26. The van der Waals surface area contributed by atoms with E-state index in [9.17, 15) is 13.2 Å². The van der Waals surface area contributed by atoms with Gasteiger partial charge in [-0.15, -0.1) is 0 Å². The first kappa shape index (κ1) is 11.3. The van der Waals surface area contributed by atoms with Crippen LogP contribution >= 0.6 is 0 Å². The standard InChI is InChI=1S/C5H12N2O4S/c1-7(4-5(8)9)12(10,11)3-2-6/h2-4,6H2,1H3,(H,8,9). The smallest absolute Gasteiger partial charge is 0.318 e. The number of hydrogen-bond acceptors (Lipinski definition) is 4. The van der Waals surface area contributed by atoms with Crippen LogP contribution in [0.4, 0.5) is 0 Å². The number of carboxylic acids is 1. The van der Waals surface area contributed by atoms with E-state index in [-0.39, 0.29) is 12.3 Å². The normalized spacial score (nSPS) is 11.9. The third-order valence-electron chi connectivity index (χ3n) is 1.21. The molecular weight excluding hydrogens is 184 g/mol. The second-order valence-corrected chi connectivity index (χ2v) is 4.45. The molecule has 0 heterocycles. The number of nitrogens with two attached hydrogens (primary N) is 1. The fourth-order valence-electron chi connectivity index (χ4n) is 0.594. The van der Waals surface area contributed by atoms with E-state index in [2.05, 4.69) is 0 Å². The maximum atomic E-state index is 11.0. The molecule has 0 aromatic carbocycles. The molecule has 0 spiro atoms. The molecule has 0 unspecified atom stereocenters. The van der Waals surface area contributed by atoms with E-state index in [1.807, 2.05) is 0 Å². The highest BCUT2D eigenvalue weighted by Crippen LogP contribution is 1.95. The highest BCUT2D eigenvalue weighted by atomic mass is 32.2. The Morgan fingerprint density at radius 1 is 1.58 bits per heavy atom. The minimum absolute atomic E-state index is 0.00765. The predicted octanol–water partition coefficient (Wildman–Crippen LogP) is -1.71. The average molecular weight is 196 g/mol. The molecule has 3 N–H and O–H groups in total. The van der Waals surface area contributed by atoms with E-state index >= 15 is 0 Å². The third kappa shape index (κ3) is 3.65. The summed E-state index contributed by atoms with van der Waals surface area (Å²) in [7, 11) is -2.27. The molecule has 0 saturated heterocycles. The highest BCUT2D eigenvalue weighted by molar-refractivity contribution is 7.89. The van der Waals surface area contributed by atoms with Crippen LogP contribution in [0.15, 0.2) is 0 Å². The van der Waals surface area contributed by atoms with Crippen molar-refractivity contribution in [1.29, 1.82) is 0 Å². The highest BCUT2D eigenvalue weighted by Gasteiger charge is 2.18. The number of aliphatic carboxylic acids is 1. The molecule has 0 aromatic heterocycles. The Labute approximate surface area is 71.0 Å². The van der Waals surface area contributed by atoms with Crippen LogP contribution in [0.25, 0.3) is 0 Å². The lowest BCUT2D eigenvalue weighted by Gasteiger charge is -2.13. The molecule has 0 aliphatic heterocycles. The number of nitrogens with zero attached hydrogens (tertiary/aromatic N) is 1. The van der Waals surface area contributed by atoms with Gasteiger partial charge in [0.1, 0.15) is 6.54 Å². The van der Waals surface area contributed by atoms with Gasteiger partial charge in [-0.25, -0.2) is 8.42 Å². The van der Waals surface area contributed by atoms with Crippen molar-refractivity contribution in [2.75, 3.05) is 25.9 Å². The number of carbonyl (C=O) groups is 1. The van der Waals surface area contributed by atoms with E-state index in [4.69, 9.17) is 10.8 Å². The van der Waals surface area contributed by atoms with Crippen LogP contribution in [-0.4, -0.2) is 49.7 Å². The molecule has 0 amide bonds. The first-order valence-corrected chi connectivity index (χ1v) is 4.87. The lowest BCUT2D eigenvalue weighted by molar-refractivity contribution is -0.137. The number of hydrogen-bond donors (Lipinski definition) is 2. The van der Waals surface area contributed by atoms with Gasteiger partial charge in [-0.2, -0.15) is 4.31 Å². The largest absolute Gasteiger partial charge is 0.480 e. The molecule has 0 bridgehead atoms. The van der Waals surface area contributed by atoms with Crippen molar-refractivity contribution in [3.63, 3.8) is 0 Å². The molecule has 12 heavy (non-hydrogen) atoms. The lowest BCUT2D eigenvalue weighted by Crippen LogP contribution is -2.35. The SMILES string of the molecule is CN(CC(=O)O)S(=O)(=O)CCN. The Morgan fingerprint density at radius 3 is 2.42 bits per heavy atom.